The van der Waals surface area contributed by atoms with E-state index >= 15 is 0 Å². The van der Waals surface area contributed by atoms with Gasteiger partial charge in [-0.1, -0.05) is 0 Å². The lowest BCUT2D eigenvalue weighted by atomic mass is 10.0. The molecule has 0 unspecified atom stereocenters. The van der Waals surface area contributed by atoms with E-state index < -0.39 is 45.9 Å². The molecule has 0 radical (unpaired) electrons. The van der Waals surface area contributed by atoms with Gasteiger partial charge in [0.2, 0.25) is 0 Å². The molecule has 1 aromatic rings. The highest BCUT2D eigenvalue weighted by Crippen LogP contribution is 2.34. The van der Waals surface area contributed by atoms with Crippen LogP contribution >= 0.6 is 0 Å². The molecule has 2 nitrogen and oxygen atoms in total. The number of rotatable bonds is 4. The van der Waals surface area contributed by atoms with Crippen LogP contribution in [0.1, 0.15) is 56.9 Å². The van der Waals surface area contributed by atoms with Crippen molar-refractivity contribution < 1.29 is 26.5 Å². The van der Waals surface area contributed by atoms with Crippen molar-refractivity contribution in [1.29, 1.82) is 0 Å². The van der Waals surface area contributed by atoms with E-state index in [1.807, 2.05) is 0 Å². The number of halogens is 5. The van der Waals surface area contributed by atoms with Gasteiger partial charge in [0.1, 0.15) is 4.75 Å². The highest BCUT2D eigenvalue weighted by molar-refractivity contribution is 7.90. The van der Waals surface area contributed by atoms with Crippen molar-refractivity contribution in [2.24, 2.45) is 0 Å². The summed E-state index contributed by atoms with van der Waals surface area (Å²) in [4.78, 5) is 0. The molecule has 8 heteroatoms. The highest BCUT2D eigenvalue weighted by Gasteiger charge is 2.33. The van der Waals surface area contributed by atoms with E-state index in [0.29, 0.717) is 6.07 Å². The largest absolute Gasteiger partial charge is 0.598 e. The molecule has 1 aromatic carbocycles. The predicted molar refractivity (Wildman–Crippen MR) is 75.8 cm³/mol. The average Bonchev–Trinajstić information content (AvgIpc) is 2.35. The number of alkyl halides is 5. The molecule has 1 rings (SSSR count). The van der Waals surface area contributed by atoms with E-state index in [4.69, 9.17) is 0 Å². The van der Waals surface area contributed by atoms with Gasteiger partial charge in [0, 0.05) is 16.9 Å². The summed E-state index contributed by atoms with van der Waals surface area (Å²) in [6.07, 6.45) is -7.73. The lowest BCUT2D eigenvalue weighted by Crippen LogP contribution is -2.40. The molecule has 22 heavy (non-hydrogen) atoms. The number of benzene rings is 1. The van der Waals surface area contributed by atoms with Gasteiger partial charge in [-0.25, -0.2) is 8.78 Å². The van der Waals surface area contributed by atoms with Gasteiger partial charge in [-0.15, -0.1) is 4.72 Å². The summed E-state index contributed by atoms with van der Waals surface area (Å²) in [5.74, 6) is 0. The molecule has 0 amide bonds. The topological polar surface area (TPSA) is 35.1 Å². The first-order chi connectivity index (χ1) is 9.82. The molecule has 126 valence electrons. The van der Waals surface area contributed by atoms with Crippen LogP contribution in [0.15, 0.2) is 18.2 Å². The van der Waals surface area contributed by atoms with Crippen LogP contribution < -0.4 is 4.72 Å². The second-order valence-electron chi connectivity index (χ2n) is 5.91. The van der Waals surface area contributed by atoms with Crippen molar-refractivity contribution in [3.05, 3.63) is 34.9 Å². The number of hydrogen-bond donors (Lipinski definition) is 1. The van der Waals surface area contributed by atoms with Gasteiger partial charge in [-0.05, 0) is 51.5 Å². The smallest absolute Gasteiger partial charge is 0.416 e. The first-order valence-corrected chi connectivity index (χ1v) is 7.65. The molecule has 1 N–H and O–H groups in total. The minimum absolute atomic E-state index is 0.0164. The number of nitrogens with one attached hydrogen (secondary N) is 1. The fourth-order valence-electron chi connectivity index (χ4n) is 1.62. The minimum atomic E-state index is -4.72. The maximum atomic E-state index is 12.8. The fourth-order valence-corrected chi connectivity index (χ4v) is 2.43. The van der Waals surface area contributed by atoms with Gasteiger partial charge in [-0.2, -0.15) is 13.2 Å². The van der Waals surface area contributed by atoms with Crippen LogP contribution in [-0.2, 0) is 17.5 Å². The van der Waals surface area contributed by atoms with Gasteiger partial charge >= 0.3 is 6.18 Å². The van der Waals surface area contributed by atoms with Crippen molar-refractivity contribution in [2.75, 3.05) is 0 Å². The third-order valence-electron chi connectivity index (χ3n) is 2.90. The van der Waals surface area contributed by atoms with E-state index in [2.05, 4.69) is 4.72 Å². The average molecular weight is 343 g/mol. The zero-order valence-corrected chi connectivity index (χ0v) is 13.4. The predicted octanol–water partition coefficient (Wildman–Crippen LogP) is 4.76. The van der Waals surface area contributed by atoms with Gasteiger partial charge in [0.25, 0.3) is 6.43 Å². The highest BCUT2D eigenvalue weighted by atomic mass is 32.2. The third-order valence-corrected chi connectivity index (χ3v) is 4.58. The Balaban J connectivity index is 3.15. The summed E-state index contributed by atoms with van der Waals surface area (Å²) in [5, 5.41) is 0. The van der Waals surface area contributed by atoms with Gasteiger partial charge in [-0.3, -0.25) is 0 Å². The Kier molecular flexibility index (Phi) is 5.86. The zero-order chi connectivity index (χ0) is 17.3. The molecule has 0 fully saturated rings. The SMILES string of the molecule is C[C@@H](N[S@@+]([O-])C(C)(C)C)c1cc(C(F)F)cc(C(F)(F)F)c1. The Hall–Kier alpha value is -0.860. The zero-order valence-electron chi connectivity index (χ0n) is 12.6. The van der Waals surface area contributed by atoms with Crippen LogP contribution in [-0.4, -0.2) is 9.30 Å². The lowest BCUT2D eigenvalue weighted by molar-refractivity contribution is -0.137. The van der Waals surface area contributed by atoms with E-state index in [0.717, 1.165) is 12.1 Å². The minimum Gasteiger partial charge on any atom is -0.598 e. The Morgan fingerprint density at radius 2 is 1.55 bits per heavy atom. The van der Waals surface area contributed by atoms with Gasteiger partial charge in [0.15, 0.2) is 0 Å². The first kappa shape index (κ1) is 19.2. The molecule has 0 saturated heterocycles. The number of hydrogen-bond acceptors (Lipinski definition) is 2. The summed E-state index contributed by atoms with van der Waals surface area (Å²) in [6.45, 7) is 6.56. The molecular formula is C14H18F5NOS. The molecule has 2 atom stereocenters. The first-order valence-electron chi connectivity index (χ1n) is 6.50. The Morgan fingerprint density at radius 3 is 1.95 bits per heavy atom. The second kappa shape index (κ2) is 6.72. The molecule has 0 aliphatic heterocycles. The Bertz CT molecular complexity index is 513. The van der Waals surface area contributed by atoms with Crippen molar-refractivity contribution in [3.63, 3.8) is 0 Å². The summed E-state index contributed by atoms with van der Waals surface area (Å²) < 4.78 is 78.0. The molecule has 0 aliphatic rings. The van der Waals surface area contributed by atoms with Crippen molar-refractivity contribution in [1.82, 2.24) is 4.72 Å². The summed E-state index contributed by atoms with van der Waals surface area (Å²) in [5.41, 5.74) is -1.83. The summed E-state index contributed by atoms with van der Waals surface area (Å²) in [6, 6.07) is 1.46. The van der Waals surface area contributed by atoms with Gasteiger partial charge in [0.05, 0.1) is 11.6 Å². The Labute approximate surface area is 129 Å². The normalized spacial score (nSPS) is 16.0. The van der Waals surface area contributed by atoms with E-state index in [9.17, 15) is 26.5 Å². The van der Waals surface area contributed by atoms with Crippen LogP contribution in [0.5, 0.6) is 0 Å². The van der Waals surface area contributed by atoms with Crippen LogP contribution in [0.2, 0.25) is 0 Å². The summed E-state index contributed by atoms with van der Waals surface area (Å²) in [7, 11) is 0. The van der Waals surface area contributed by atoms with Crippen molar-refractivity contribution in [2.45, 2.75) is 51.1 Å². The standard InChI is InChI=1S/C14H18F5NOS/c1-8(20-22(21)13(2,3)4)9-5-10(12(15)16)7-11(6-9)14(17,18)19/h5-8,12,20H,1-4H3/t8-,22+/m1/s1. The third kappa shape index (κ3) is 5.10. The van der Waals surface area contributed by atoms with E-state index in [1.54, 1.807) is 20.8 Å². The maximum absolute atomic E-state index is 12.8. The van der Waals surface area contributed by atoms with Crippen LogP contribution in [0.3, 0.4) is 0 Å². The molecule has 0 aliphatic carbocycles. The molecule has 0 aromatic heterocycles. The van der Waals surface area contributed by atoms with Crippen LogP contribution in [0.4, 0.5) is 22.0 Å². The summed E-state index contributed by atoms with van der Waals surface area (Å²) >= 11 is -1.53. The van der Waals surface area contributed by atoms with Crippen LogP contribution in [0, 0.1) is 0 Å². The fraction of sp³-hybridized carbons (Fsp3) is 0.571. The monoisotopic (exact) mass is 343 g/mol. The quantitative estimate of drug-likeness (QED) is 0.632. The van der Waals surface area contributed by atoms with Crippen molar-refractivity contribution >= 4 is 11.4 Å². The molecule has 0 heterocycles. The van der Waals surface area contributed by atoms with E-state index in [1.165, 1.54) is 6.92 Å². The molecular weight excluding hydrogens is 325 g/mol. The second-order valence-corrected chi connectivity index (χ2v) is 7.91. The van der Waals surface area contributed by atoms with Gasteiger partial charge < -0.3 is 4.55 Å². The molecule has 0 saturated carbocycles. The molecule has 0 spiro atoms. The Morgan fingerprint density at radius 1 is 1.05 bits per heavy atom. The molecule has 0 bridgehead atoms. The maximum Gasteiger partial charge on any atom is 0.416 e. The lowest BCUT2D eigenvalue weighted by Gasteiger charge is -2.27. The van der Waals surface area contributed by atoms with E-state index in [-0.39, 0.29) is 5.56 Å². The van der Waals surface area contributed by atoms with Crippen LogP contribution in [0.25, 0.3) is 0 Å². The van der Waals surface area contributed by atoms with Crippen molar-refractivity contribution in [3.8, 4) is 0 Å².